The minimum atomic E-state index is -0.0338. The summed E-state index contributed by atoms with van der Waals surface area (Å²) in [7, 11) is 2.10. The molecule has 1 aliphatic heterocycles. The second kappa shape index (κ2) is 7.45. The monoisotopic (exact) mass is 322 g/mol. The van der Waals surface area contributed by atoms with E-state index >= 15 is 0 Å². The zero-order valence-electron chi connectivity index (χ0n) is 14.8. The summed E-state index contributed by atoms with van der Waals surface area (Å²) < 4.78 is 0. The molecule has 0 aliphatic carbocycles. The number of hydrogen-bond donors (Lipinski definition) is 2. The molecule has 0 radical (unpaired) electrons. The summed E-state index contributed by atoms with van der Waals surface area (Å²) in [5.41, 5.74) is 1.47. The molecule has 1 amide bonds. The fourth-order valence-corrected chi connectivity index (χ4v) is 2.99. The maximum absolute atomic E-state index is 12.6. The van der Waals surface area contributed by atoms with Gasteiger partial charge in [-0.15, -0.1) is 0 Å². The highest BCUT2D eigenvalue weighted by molar-refractivity contribution is 5.92. The molecule has 130 valence electrons. The van der Waals surface area contributed by atoms with Gasteiger partial charge in [0.1, 0.15) is 5.69 Å². The minimum absolute atomic E-state index is 0.0215. The zero-order valence-corrected chi connectivity index (χ0v) is 14.8. The molecule has 2 N–H and O–H groups in total. The van der Waals surface area contributed by atoms with Crippen LogP contribution in [0.15, 0.2) is 6.07 Å². The second-order valence-electron chi connectivity index (χ2n) is 7.50. The first-order valence-electron chi connectivity index (χ1n) is 8.49. The number of carbonyl (C=O) groups excluding carboxylic acids is 1. The van der Waals surface area contributed by atoms with Gasteiger partial charge in [0.05, 0.1) is 0 Å². The minimum Gasteiger partial charge on any atom is -0.396 e. The molecule has 1 aromatic heterocycles. The van der Waals surface area contributed by atoms with E-state index in [4.69, 9.17) is 5.11 Å². The highest BCUT2D eigenvalue weighted by Gasteiger charge is 2.27. The van der Waals surface area contributed by atoms with Crippen LogP contribution in [0.4, 0.5) is 0 Å². The lowest BCUT2D eigenvalue weighted by molar-refractivity contribution is 0.0635. The Balaban J connectivity index is 1.90. The highest BCUT2D eigenvalue weighted by Crippen LogP contribution is 2.22. The van der Waals surface area contributed by atoms with Gasteiger partial charge in [0.25, 0.3) is 5.91 Å². The molecule has 6 nitrogen and oxygen atoms in total. The third kappa shape index (κ3) is 4.54. The smallest absolute Gasteiger partial charge is 0.274 e. The molecule has 0 bridgehead atoms. The number of nitrogens with one attached hydrogen (secondary N) is 1. The number of aliphatic hydroxyl groups excluding tert-OH is 1. The standard InChI is InChI=1S/C17H30N4O2/c1-17(2,3)15-12-14(18-19-15)16(23)21-9-6-13(7-10-21)20(4)8-5-11-22/h12-13,22H,5-11H2,1-4H3,(H,18,19). The molecule has 0 unspecified atom stereocenters. The second-order valence-corrected chi connectivity index (χ2v) is 7.50. The van der Waals surface area contributed by atoms with Crippen molar-refractivity contribution in [3.8, 4) is 0 Å². The van der Waals surface area contributed by atoms with Crippen LogP contribution in [0.1, 0.15) is 56.2 Å². The molecule has 2 rings (SSSR count). The number of aliphatic hydroxyl groups is 1. The summed E-state index contributed by atoms with van der Waals surface area (Å²) in [6.45, 7) is 8.98. The maximum Gasteiger partial charge on any atom is 0.274 e. The third-order valence-corrected chi connectivity index (χ3v) is 4.65. The molecular formula is C17H30N4O2. The Morgan fingerprint density at radius 3 is 2.61 bits per heavy atom. The summed E-state index contributed by atoms with van der Waals surface area (Å²) in [5.74, 6) is 0.0215. The number of H-pyrrole nitrogens is 1. The lowest BCUT2D eigenvalue weighted by atomic mass is 9.92. The number of aromatic amines is 1. The summed E-state index contributed by atoms with van der Waals surface area (Å²) in [4.78, 5) is 16.8. The molecule has 2 heterocycles. The average molecular weight is 322 g/mol. The number of aromatic nitrogens is 2. The molecule has 1 fully saturated rings. The normalized spacial score (nSPS) is 17.0. The molecule has 0 aromatic carbocycles. The van der Waals surface area contributed by atoms with Crippen molar-refractivity contribution in [2.75, 3.05) is 33.3 Å². The van der Waals surface area contributed by atoms with E-state index in [1.807, 2.05) is 11.0 Å². The van der Waals surface area contributed by atoms with E-state index in [2.05, 4.69) is 42.9 Å². The topological polar surface area (TPSA) is 72.5 Å². The lowest BCUT2D eigenvalue weighted by Gasteiger charge is -2.36. The average Bonchev–Trinajstić information content (AvgIpc) is 3.02. The predicted octanol–water partition coefficient (Wildman–Crippen LogP) is 1.63. The van der Waals surface area contributed by atoms with Gasteiger partial charge in [-0.3, -0.25) is 9.89 Å². The van der Waals surface area contributed by atoms with E-state index in [1.54, 1.807) is 0 Å². The molecule has 0 saturated carbocycles. The predicted molar refractivity (Wildman–Crippen MR) is 90.5 cm³/mol. The molecule has 23 heavy (non-hydrogen) atoms. The van der Waals surface area contributed by atoms with Crippen molar-refractivity contribution in [1.29, 1.82) is 0 Å². The van der Waals surface area contributed by atoms with Crippen LogP contribution in [0, 0.1) is 0 Å². The van der Waals surface area contributed by atoms with E-state index in [0.717, 1.165) is 44.6 Å². The van der Waals surface area contributed by atoms with Crippen LogP contribution >= 0.6 is 0 Å². The maximum atomic E-state index is 12.6. The number of hydrogen-bond acceptors (Lipinski definition) is 4. The van der Waals surface area contributed by atoms with Gasteiger partial charge in [-0.1, -0.05) is 20.8 Å². The molecule has 6 heteroatoms. The van der Waals surface area contributed by atoms with Crippen LogP contribution in [-0.4, -0.2) is 70.3 Å². The number of piperidine rings is 1. The Labute approximate surface area is 138 Å². The van der Waals surface area contributed by atoms with Gasteiger partial charge in [0.15, 0.2) is 0 Å². The van der Waals surface area contributed by atoms with Crippen molar-refractivity contribution < 1.29 is 9.90 Å². The molecular weight excluding hydrogens is 292 g/mol. The van der Waals surface area contributed by atoms with E-state index in [1.165, 1.54) is 0 Å². The van der Waals surface area contributed by atoms with Crippen molar-refractivity contribution in [1.82, 2.24) is 20.0 Å². The summed E-state index contributed by atoms with van der Waals surface area (Å²) in [6.07, 6.45) is 2.76. The fourth-order valence-electron chi connectivity index (χ4n) is 2.99. The van der Waals surface area contributed by atoms with Crippen LogP contribution < -0.4 is 0 Å². The van der Waals surface area contributed by atoms with Crippen LogP contribution in [-0.2, 0) is 5.41 Å². The third-order valence-electron chi connectivity index (χ3n) is 4.65. The number of amides is 1. The fraction of sp³-hybridized carbons (Fsp3) is 0.765. The summed E-state index contributed by atoms with van der Waals surface area (Å²) in [5, 5.41) is 16.1. The number of likely N-dealkylation sites (tertiary alicyclic amines) is 1. The number of carbonyl (C=O) groups is 1. The van der Waals surface area contributed by atoms with E-state index in [-0.39, 0.29) is 17.9 Å². The van der Waals surface area contributed by atoms with Crippen molar-refractivity contribution in [3.05, 3.63) is 17.5 Å². The zero-order chi connectivity index (χ0) is 17.0. The van der Waals surface area contributed by atoms with Gasteiger partial charge in [-0.2, -0.15) is 5.10 Å². The van der Waals surface area contributed by atoms with Gasteiger partial charge in [0.2, 0.25) is 0 Å². The summed E-state index contributed by atoms with van der Waals surface area (Å²) >= 11 is 0. The summed E-state index contributed by atoms with van der Waals surface area (Å²) in [6, 6.07) is 2.37. The van der Waals surface area contributed by atoms with Crippen LogP contribution in [0.5, 0.6) is 0 Å². The molecule has 1 aromatic rings. The first-order valence-corrected chi connectivity index (χ1v) is 8.49. The van der Waals surface area contributed by atoms with E-state index in [9.17, 15) is 4.79 Å². The quantitative estimate of drug-likeness (QED) is 0.864. The van der Waals surface area contributed by atoms with Crippen molar-refractivity contribution in [2.45, 2.75) is 51.5 Å². The van der Waals surface area contributed by atoms with Crippen LogP contribution in [0.2, 0.25) is 0 Å². The Hall–Kier alpha value is -1.40. The first kappa shape index (κ1) is 17.9. The van der Waals surface area contributed by atoms with Crippen molar-refractivity contribution in [2.24, 2.45) is 0 Å². The van der Waals surface area contributed by atoms with Gasteiger partial charge in [-0.25, -0.2) is 0 Å². The highest BCUT2D eigenvalue weighted by atomic mass is 16.3. The molecule has 0 spiro atoms. The number of rotatable bonds is 5. The van der Waals surface area contributed by atoms with Gasteiger partial charge >= 0.3 is 0 Å². The lowest BCUT2D eigenvalue weighted by Crippen LogP contribution is -2.46. The largest absolute Gasteiger partial charge is 0.396 e. The van der Waals surface area contributed by atoms with Crippen LogP contribution in [0.25, 0.3) is 0 Å². The Kier molecular flexibility index (Phi) is 5.81. The van der Waals surface area contributed by atoms with Crippen LogP contribution in [0.3, 0.4) is 0 Å². The Bertz CT molecular complexity index is 513. The molecule has 0 atom stereocenters. The first-order chi connectivity index (χ1) is 10.8. The van der Waals surface area contributed by atoms with Gasteiger partial charge in [0, 0.05) is 43.4 Å². The van der Waals surface area contributed by atoms with Gasteiger partial charge < -0.3 is 14.9 Å². The van der Waals surface area contributed by atoms with E-state index in [0.29, 0.717) is 11.7 Å². The van der Waals surface area contributed by atoms with Crippen molar-refractivity contribution >= 4 is 5.91 Å². The molecule has 1 aliphatic rings. The van der Waals surface area contributed by atoms with Crippen molar-refractivity contribution in [3.63, 3.8) is 0 Å². The Morgan fingerprint density at radius 2 is 2.09 bits per heavy atom. The Morgan fingerprint density at radius 1 is 1.43 bits per heavy atom. The van der Waals surface area contributed by atoms with E-state index < -0.39 is 0 Å². The van der Waals surface area contributed by atoms with Gasteiger partial charge in [-0.05, 0) is 32.4 Å². The SMILES string of the molecule is CN(CCCO)C1CCN(C(=O)c2cc(C(C)(C)C)[nH]n2)CC1. The molecule has 1 saturated heterocycles. The number of nitrogens with zero attached hydrogens (tertiary/aromatic N) is 3.